The van der Waals surface area contributed by atoms with E-state index in [0.717, 1.165) is 5.56 Å². The Morgan fingerprint density at radius 2 is 1.86 bits per heavy atom. The number of nitrogens with one attached hydrogen (secondary N) is 1. The van der Waals surface area contributed by atoms with E-state index in [2.05, 4.69) is 5.32 Å². The number of amides is 1. The van der Waals surface area contributed by atoms with Crippen LogP contribution in [-0.2, 0) is 16.1 Å². The molecule has 1 aromatic rings. The van der Waals surface area contributed by atoms with Gasteiger partial charge in [-0.1, -0.05) is 30.3 Å². The molecule has 1 amide bonds. The Morgan fingerprint density at radius 3 is 2.41 bits per heavy atom. The van der Waals surface area contributed by atoms with Crippen molar-refractivity contribution in [2.24, 2.45) is 5.92 Å². The second-order valence-electron chi connectivity index (χ2n) is 4.61. The monoisotopic (exact) mass is 319 g/mol. The van der Waals surface area contributed by atoms with Crippen LogP contribution in [0.4, 0.5) is 18.0 Å². The van der Waals surface area contributed by atoms with Gasteiger partial charge in [-0.2, -0.15) is 13.2 Å². The summed E-state index contributed by atoms with van der Waals surface area (Å²) in [5, 5.41) is 10.6. The number of alkyl carbamates (subject to hydrolysis) is 1. The fourth-order valence-electron chi connectivity index (χ4n) is 1.71. The van der Waals surface area contributed by atoms with Gasteiger partial charge < -0.3 is 15.2 Å². The third kappa shape index (κ3) is 6.96. The Labute approximate surface area is 125 Å². The van der Waals surface area contributed by atoms with Gasteiger partial charge in [0.1, 0.15) is 6.61 Å². The predicted molar refractivity (Wildman–Crippen MR) is 71.0 cm³/mol. The number of aliphatic carboxylic acids is 1. The minimum Gasteiger partial charge on any atom is -0.481 e. The molecular formula is C14H16F3NO4. The normalized spacial score (nSPS) is 12.5. The lowest BCUT2D eigenvalue weighted by atomic mass is 10.0. The van der Waals surface area contributed by atoms with Crippen LogP contribution in [0.5, 0.6) is 0 Å². The first-order chi connectivity index (χ1) is 10.3. The molecule has 22 heavy (non-hydrogen) atoms. The van der Waals surface area contributed by atoms with Crippen LogP contribution in [0.25, 0.3) is 0 Å². The summed E-state index contributed by atoms with van der Waals surface area (Å²) in [4.78, 5) is 21.7. The molecule has 8 heteroatoms. The quantitative estimate of drug-likeness (QED) is 0.810. The van der Waals surface area contributed by atoms with Crippen LogP contribution >= 0.6 is 0 Å². The van der Waals surface area contributed by atoms with Crippen molar-refractivity contribution in [1.29, 1.82) is 0 Å². The molecule has 0 radical (unpaired) electrons. The molecule has 1 atom stereocenters. The number of rotatable bonds is 7. The molecule has 0 spiro atoms. The van der Waals surface area contributed by atoms with Gasteiger partial charge >= 0.3 is 18.2 Å². The molecule has 0 aliphatic heterocycles. The molecular weight excluding hydrogens is 303 g/mol. The van der Waals surface area contributed by atoms with E-state index < -0.39 is 37.0 Å². The molecule has 0 saturated carbocycles. The summed E-state index contributed by atoms with van der Waals surface area (Å²) in [6.07, 6.45) is -7.01. The average molecular weight is 319 g/mol. The SMILES string of the molecule is O=C(O)CC(CCNC(=O)OCc1ccccc1)C(F)(F)F. The van der Waals surface area contributed by atoms with E-state index in [1.807, 2.05) is 0 Å². The van der Waals surface area contributed by atoms with Crippen molar-refractivity contribution >= 4 is 12.1 Å². The van der Waals surface area contributed by atoms with Crippen LogP contribution in [0.15, 0.2) is 30.3 Å². The zero-order chi connectivity index (χ0) is 16.6. The average Bonchev–Trinajstić information content (AvgIpc) is 2.44. The van der Waals surface area contributed by atoms with Crippen molar-refractivity contribution in [3.05, 3.63) is 35.9 Å². The van der Waals surface area contributed by atoms with Crippen molar-refractivity contribution in [3.63, 3.8) is 0 Å². The van der Waals surface area contributed by atoms with Gasteiger partial charge in [0.15, 0.2) is 0 Å². The van der Waals surface area contributed by atoms with E-state index in [1.165, 1.54) is 0 Å². The lowest BCUT2D eigenvalue weighted by Crippen LogP contribution is -2.32. The number of carbonyl (C=O) groups is 2. The van der Waals surface area contributed by atoms with Gasteiger partial charge in [-0.25, -0.2) is 4.79 Å². The number of carbonyl (C=O) groups excluding carboxylic acids is 1. The molecule has 1 unspecified atom stereocenters. The van der Waals surface area contributed by atoms with E-state index in [0.29, 0.717) is 0 Å². The first-order valence-electron chi connectivity index (χ1n) is 6.52. The fraction of sp³-hybridized carbons (Fsp3) is 0.429. The van der Waals surface area contributed by atoms with Crippen LogP contribution < -0.4 is 5.32 Å². The van der Waals surface area contributed by atoms with Crippen LogP contribution in [0.1, 0.15) is 18.4 Å². The highest BCUT2D eigenvalue weighted by molar-refractivity contribution is 5.67. The smallest absolute Gasteiger partial charge is 0.407 e. The number of benzene rings is 1. The number of hydrogen-bond acceptors (Lipinski definition) is 3. The van der Waals surface area contributed by atoms with E-state index >= 15 is 0 Å². The number of carboxylic acids is 1. The first kappa shape index (κ1) is 17.8. The van der Waals surface area contributed by atoms with Gasteiger partial charge in [0.05, 0.1) is 12.3 Å². The van der Waals surface area contributed by atoms with Crippen LogP contribution in [-0.4, -0.2) is 29.9 Å². The summed E-state index contributed by atoms with van der Waals surface area (Å²) in [6.45, 7) is -0.310. The summed E-state index contributed by atoms with van der Waals surface area (Å²) >= 11 is 0. The molecule has 1 rings (SSSR count). The van der Waals surface area contributed by atoms with Crippen LogP contribution in [0.3, 0.4) is 0 Å². The Kier molecular flexibility index (Phi) is 6.68. The predicted octanol–water partition coefficient (Wildman–Crippen LogP) is 2.96. The van der Waals surface area contributed by atoms with Crippen LogP contribution in [0.2, 0.25) is 0 Å². The largest absolute Gasteiger partial charge is 0.481 e. The highest BCUT2D eigenvalue weighted by Crippen LogP contribution is 2.31. The highest BCUT2D eigenvalue weighted by Gasteiger charge is 2.40. The Bertz CT molecular complexity index is 491. The molecule has 0 fully saturated rings. The van der Waals surface area contributed by atoms with Gasteiger partial charge in [0, 0.05) is 6.54 Å². The number of ether oxygens (including phenoxy) is 1. The van der Waals surface area contributed by atoms with Crippen molar-refractivity contribution in [2.45, 2.75) is 25.6 Å². The maximum absolute atomic E-state index is 12.6. The molecule has 0 heterocycles. The van der Waals surface area contributed by atoms with E-state index in [1.54, 1.807) is 30.3 Å². The zero-order valence-corrected chi connectivity index (χ0v) is 11.6. The summed E-state index contributed by atoms with van der Waals surface area (Å²) in [6, 6.07) is 8.79. The molecule has 0 aromatic heterocycles. The maximum atomic E-state index is 12.6. The summed E-state index contributed by atoms with van der Waals surface area (Å²) in [5.41, 5.74) is 0.747. The second-order valence-corrected chi connectivity index (χ2v) is 4.61. The number of carboxylic acid groups (broad SMARTS) is 1. The molecule has 0 aliphatic rings. The molecule has 0 bridgehead atoms. The van der Waals surface area contributed by atoms with Crippen molar-refractivity contribution in [1.82, 2.24) is 5.32 Å². The molecule has 122 valence electrons. The number of hydrogen-bond donors (Lipinski definition) is 2. The van der Waals surface area contributed by atoms with E-state index in [-0.39, 0.29) is 13.2 Å². The minimum absolute atomic E-state index is 0.00446. The van der Waals surface area contributed by atoms with Gasteiger partial charge in [-0.05, 0) is 12.0 Å². The number of halogens is 3. The van der Waals surface area contributed by atoms with Gasteiger partial charge in [-0.15, -0.1) is 0 Å². The molecule has 0 saturated heterocycles. The Hall–Kier alpha value is -2.25. The van der Waals surface area contributed by atoms with Crippen molar-refractivity contribution < 1.29 is 32.6 Å². The summed E-state index contributed by atoms with van der Waals surface area (Å²) in [7, 11) is 0. The Balaban J connectivity index is 2.32. The molecule has 2 N–H and O–H groups in total. The second kappa shape index (κ2) is 8.26. The van der Waals surface area contributed by atoms with Crippen LogP contribution in [0, 0.1) is 5.92 Å². The lowest BCUT2D eigenvalue weighted by Gasteiger charge is -2.18. The summed E-state index contributed by atoms with van der Waals surface area (Å²) < 4.78 is 42.5. The molecule has 0 aliphatic carbocycles. The highest BCUT2D eigenvalue weighted by atomic mass is 19.4. The first-order valence-corrected chi connectivity index (χ1v) is 6.52. The topological polar surface area (TPSA) is 75.6 Å². The lowest BCUT2D eigenvalue weighted by molar-refractivity contribution is -0.184. The van der Waals surface area contributed by atoms with E-state index in [4.69, 9.17) is 9.84 Å². The third-order valence-electron chi connectivity index (χ3n) is 2.86. The maximum Gasteiger partial charge on any atom is 0.407 e. The molecule has 5 nitrogen and oxygen atoms in total. The fourth-order valence-corrected chi connectivity index (χ4v) is 1.71. The summed E-state index contributed by atoms with van der Waals surface area (Å²) in [5.74, 6) is -3.53. The standard InChI is InChI=1S/C14H16F3NO4/c15-14(16,17)11(8-12(19)20)6-7-18-13(21)22-9-10-4-2-1-3-5-10/h1-5,11H,6-9H2,(H,18,21)(H,19,20). The minimum atomic E-state index is -4.62. The number of alkyl halides is 3. The molecule has 1 aromatic carbocycles. The third-order valence-corrected chi connectivity index (χ3v) is 2.86. The Morgan fingerprint density at radius 1 is 1.23 bits per heavy atom. The van der Waals surface area contributed by atoms with Crippen molar-refractivity contribution in [2.75, 3.05) is 6.54 Å². The van der Waals surface area contributed by atoms with Gasteiger partial charge in [-0.3, -0.25) is 4.79 Å². The van der Waals surface area contributed by atoms with Gasteiger partial charge in [0.25, 0.3) is 0 Å². The zero-order valence-electron chi connectivity index (χ0n) is 11.6. The van der Waals surface area contributed by atoms with E-state index in [9.17, 15) is 22.8 Å². The van der Waals surface area contributed by atoms with Gasteiger partial charge in [0.2, 0.25) is 0 Å². The van der Waals surface area contributed by atoms with Crippen molar-refractivity contribution in [3.8, 4) is 0 Å².